The Balaban J connectivity index is 2.86. The van der Waals surface area contributed by atoms with Crippen LogP contribution in [0, 0.1) is 0 Å². The van der Waals surface area contributed by atoms with Gasteiger partial charge in [-0.3, -0.25) is 0 Å². The summed E-state index contributed by atoms with van der Waals surface area (Å²) in [5.74, 6) is 0.0365. The van der Waals surface area contributed by atoms with Gasteiger partial charge in [0, 0.05) is 12.0 Å². The van der Waals surface area contributed by atoms with Crippen molar-refractivity contribution in [2.75, 3.05) is 0 Å². The normalized spacial score (nSPS) is 11.9. The third kappa shape index (κ3) is 3.51. The molecule has 0 aliphatic carbocycles. The maximum atomic E-state index is 11.4. The van der Waals surface area contributed by atoms with Gasteiger partial charge < -0.3 is 9.84 Å². The Kier molecular flexibility index (Phi) is 4.26. The highest BCUT2D eigenvalue weighted by Crippen LogP contribution is 2.20. The lowest BCUT2D eigenvalue weighted by atomic mass is 10.1. The van der Waals surface area contributed by atoms with Gasteiger partial charge in [0.2, 0.25) is 0 Å². The summed E-state index contributed by atoms with van der Waals surface area (Å²) in [6, 6.07) is 7.16. The zero-order valence-electron chi connectivity index (χ0n) is 9.56. The lowest BCUT2D eigenvalue weighted by molar-refractivity contribution is -0.130. The van der Waals surface area contributed by atoms with E-state index < -0.39 is 12.1 Å². The molecule has 86 valence electrons. The molecule has 3 heteroatoms. The van der Waals surface area contributed by atoms with Gasteiger partial charge in [0.15, 0.2) is 0 Å². The van der Waals surface area contributed by atoms with E-state index in [2.05, 4.69) is 6.58 Å². The van der Waals surface area contributed by atoms with Crippen LogP contribution in [0.4, 0.5) is 0 Å². The van der Waals surface area contributed by atoms with Crippen LogP contribution in [-0.4, -0.2) is 17.2 Å². The van der Waals surface area contributed by atoms with Gasteiger partial charge in [-0.15, -0.1) is 0 Å². The van der Waals surface area contributed by atoms with Gasteiger partial charge >= 0.3 is 5.97 Å². The van der Waals surface area contributed by atoms with Crippen LogP contribution in [-0.2, 0) is 11.2 Å². The monoisotopic (exact) mass is 220 g/mol. The minimum Gasteiger partial charge on any atom is -0.423 e. The fourth-order valence-electron chi connectivity index (χ4n) is 1.28. The number of para-hydroxylation sites is 1. The molecule has 0 saturated carbocycles. The smallest absolute Gasteiger partial charge is 0.338 e. The Morgan fingerprint density at radius 3 is 2.69 bits per heavy atom. The Morgan fingerprint density at radius 2 is 2.12 bits per heavy atom. The molecule has 0 fully saturated rings. The zero-order chi connectivity index (χ0) is 12.1. The number of benzene rings is 1. The second-order valence-electron chi connectivity index (χ2n) is 3.83. The number of hydrogen-bond donors (Lipinski definition) is 1. The molecule has 0 spiro atoms. The van der Waals surface area contributed by atoms with Crippen LogP contribution < -0.4 is 4.74 Å². The summed E-state index contributed by atoms with van der Waals surface area (Å²) < 4.78 is 5.16. The molecule has 1 N–H and O–H groups in total. The number of esters is 1. The van der Waals surface area contributed by atoms with Gasteiger partial charge in [0.25, 0.3) is 0 Å². The lowest BCUT2D eigenvalue weighted by Crippen LogP contribution is -2.12. The molecule has 1 unspecified atom stereocenters. The summed E-state index contributed by atoms with van der Waals surface area (Å²) in [4.78, 5) is 11.4. The number of rotatable bonds is 4. The van der Waals surface area contributed by atoms with E-state index in [1.807, 2.05) is 12.1 Å². The Bertz CT molecular complexity index is 394. The highest BCUT2D eigenvalue weighted by molar-refractivity contribution is 5.88. The van der Waals surface area contributed by atoms with E-state index >= 15 is 0 Å². The Morgan fingerprint density at radius 1 is 1.50 bits per heavy atom. The van der Waals surface area contributed by atoms with Crippen molar-refractivity contribution in [2.45, 2.75) is 26.4 Å². The molecule has 1 aromatic carbocycles. The van der Waals surface area contributed by atoms with E-state index in [1.54, 1.807) is 26.0 Å². The first kappa shape index (κ1) is 12.5. The zero-order valence-corrected chi connectivity index (χ0v) is 9.56. The van der Waals surface area contributed by atoms with Crippen molar-refractivity contribution in [2.24, 2.45) is 0 Å². The van der Waals surface area contributed by atoms with Crippen LogP contribution in [0.15, 0.2) is 36.4 Å². The van der Waals surface area contributed by atoms with E-state index in [4.69, 9.17) is 4.74 Å². The first-order chi connectivity index (χ1) is 7.50. The predicted octanol–water partition coefficient (Wildman–Crippen LogP) is 2.09. The molecule has 0 aliphatic heterocycles. The van der Waals surface area contributed by atoms with Gasteiger partial charge in [0.1, 0.15) is 5.75 Å². The minimum absolute atomic E-state index is 0.354. The third-order valence-corrected chi connectivity index (χ3v) is 2.04. The Labute approximate surface area is 95.4 Å². The van der Waals surface area contributed by atoms with E-state index in [0.717, 1.165) is 5.56 Å². The maximum Gasteiger partial charge on any atom is 0.338 e. The molecule has 16 heavy (non-hydrogen) atoms. The van der Waals surface area contributed by atoms with E-state index in [-0.39, 0.29) is 0 Å². The molecule has 0 amide bonds. The fourth-order valence-corrected chi connectivity index (χ4v) is 1.28. The molecule has 0 aliphatic rings. The van der Waals surface area contributed by atoms with Gasteiger partial charge in [-0.2, -0.15) is 0 Å². The first-order valence-corrected chi connectivity index (χ1v) is 5.14. The standard InChI is InChI=1S/C13H16O3/c1-9(2)13(15)16-12-7-5-4-6-11(12)8-10(3)14/h4-7,10,14H,1,8H2,2-3H3. The number of hydrogen-bond acceptors (Lipinski definition) is 3. The average Bonchev–Trinajstić information content (AvgIpc) is 2.20. The van der Waals surface area contributed by atoms with Crippen molar-refractivity contribution in [3.8, 4) is 5.75 Å². The van der Waals surface area contributed by atoms with E-state index in [9.17, 15) is 9.90 Å². The highest BCUT2D eigenvalue weighted by atomic mass is 16.5. The maximum absolute atomic E-state index is 11.4. The quantitative estimate of drug-likeness (QED) is 0.480. The fraction of sp³-hybridized carbons (Fsp3) is 0.308. The van der Waals surface area contributed by atoms with Crippen molar-refractivity contribution in [1.82, 2.24) is 0 Å². The predicted molar refractivity (Wildman–Crippen MR) is 62.3 cm³/mol. The van der Waals surface area contributed by atoms with Crippen LogP contribution >= 0.6 is 0 Å². The van der Waals surface area contributed by atoms with Crippen LogP contribution in [0.3, 0.4) is 0 Å². The molecular weight excluding hydrogens is 204 g/mol. The van der Waals surface area contributed by atoms with Crippen LogP contribution in [0.1, 0.15) is 19.4 Å². The topological polar surface area (TPSA) is 46.5 Å². The van der Waals surface area contributed by atoms with Crippen LogP contribution in [0.2, 0.25) is 0 Å². The highest BCUT2D eigenvalue weighted by Gasteiger charge is 2.10. The van der Waals surface area contributed by atoms with Gasteiger partial charge in [0.05, 0.1) is 6.10 Å². The molecule has 1 aromatic rings. The summed E-state index contributed by atoms with van der Waals surface area (Å²) in [6.45, 7) is 6.81. The van der Waals surface area contributed by atoms with Crippen molar-refractivity contribution >= 4 is 5.97 Å². The first-order valence-electron chi connectivity index (χ1n) is 5.14. The third-order valence-electron chi connectivity index (χ3n) is 2.04. The number of carbonyl (C=O) groups is 1. The van der Waals surface area contributed by atoms with Crippen molar-refractivity contribution in [1.29, 1.82) is 0 Å². The number of ether oxygens (including phenoxy) is 1. The Hall–Kier alpha value is -1.61. The average molecular weight is 220 g/mol. The summed E-state index contributed by atoms with van der Waals surface area (Å²) in [6.07, 6.45) is -0.00991. The largest absolute Gasteiger partial charge is 0.423 e. The summed E-state index contributed by atoms with van der Waals surface area (Å²) in [5, 5.41) is 9.32. The number of aliphatic hydroxyl groups excluding tert-OH is 1. The van der Waals surface area contributed by atoms with Crippen LogP contribution in [0.25, 0.3) is 0 Å². The van der Waals surface area contributed by atoms with Crippen LogP contribution in [0.5, 0.6) is 5.75 Å². The van der Waals surface area contributed by atoms with Gasteiger partial charge in [-0.1, -0.05) is 24.8 Å². The SMILES string of the molecule is C=C(C)C(=O)Oc1ccccc1CC(C)O. The summed E-state index contributed by atoms with van der Waals surface area (Å²) in [5.41, 5.74) is 1.17. The summed E-state index contributed by atoms with van der Waals surface area (Å²) >= 11 is 0. The van der Waals surface area contributed by atoms with Gasteiger partial charge in [-0.05, 0) is 25.5 Å². The summed E-state index contributed by atoms with van der Waals surface area (Å²) in [7, 11) is 0. The lowest BCUT2D eigenvalue weighted by Gasteiger charge is -2.11. The second kappa shape index (κ2) is 5.47. The van der Waals surface area contributed by atoms with E-state index in [1.165, 1.54) is 0 Å². The number of aliphatic hydroxyl groups is 1. The minimum atomic E-state index is -0.468. The molecule has 0 heterocycles. The molecule has 0 aromatic heterocycles. The molecule has 0 radical (unpaired) electrons. The van der Waals surface area contributed by atoms with Crippen molar-refractivity contribution < 1.29 is 14.6 Å². The number of carbonyl (C=O) groups excluding carboxylic acids is 1. The second-order valence-corrected chi connectivity index (χ2v) is 3.83. The molecule has 1 atom stereocenters. The molecule has 0 saturated heterocycles. The van der Waals surface area contributed by atoms with Crippen molar-refractivity contribution in [3.05, 3.63) is 42.0 Å². The molecular formula is C13H16O3. The van der Waals surface area contributed by atoms with Gasteiger partial charge in [-0.25, -0.2) is 4.79 Å². The van der Waals surface area contributed by atoms with E-state index in [0.29, 0.717) is 17.7 Å². The molecule has 1 rings (SSSR count). The molecule has 0 bridgehead atoms. The van der Waals surface area contributed by atoms with Crippen molar-refractivity contribution in [3.63, 3.8) is 0 Å². The molecule has 3 nitrogen and oxygen atoms in total.